The van der Waals surface area contributed by atoms with Gasteiger partial charge in [-0.25, -0.2) is 4.79 Å². The molecule has 35 heavy (non-hydrogen) atoms. The zero-order valence-corrected chi connectivity index (χ0v) is 18.6. The Morgan fingerprint density at radius 2 is 1.80 bits per heavy atom. The molecule has 0 radical (unpaired) electrons. The summed E-state index contributed by atoms with van der Waals surface area (Å²) in [6, 6.07) is 9.24. The van der Waals surface area contributed by atoms with Gasteiger partial charge in [-0.1, -0.05) is 30.3 Å². The fraction of sp³-hybridized carbons (Fsp3) is 0.542. The van der Waals surface area contributed by atoms with Gasteiger partial charge in [0.25, 0.3) is 0 Å². The molecule has 190 valence electrons. The predicted octanol–water partition coefficient (Wildman–Crippen LogP) is -1.33. The van der Waals surface area contributed by atoms with E-state index in [1.807, 2.05) is 30.3 Å². The first-order valence-corrected chi connectivity index (χ1v) is 11.4. The summed E-state index contributed by atoms with van der Waals surface area (Å²) >= 11 is 0. The number of fused-ring (bicyclic) bond motifs is 3. The fourth-order valence-corrected chi connectivity index (χ4v) is 5.11. The highest BCUT2D eigenvalue weighted by molar-refractivity contribution is 5.87. The monoisotopic (exact) mass is 492 g/mol. The summed E-state index contributed by atoms with van der Waals surface area (Å²) in [4.78, 5) is 12.3. The van der Waals surface area contributed by atoms with Gasteiger partial charge in [-0.15, -0.1) is 0 Å². The van der Waals surface area contributed by atoms with Crippen LogP contribution in [-0.4, -0.2) is 99.5 Å². The maximum absolute atomic E-state index is 12.3. The fourth-order valence-electron chi connectivity index (χ4n) is 5.11. The topological polar surface area (TPSA) is 168 Å². The number of benzene rings is 1. The molecule has 1 aliphatic carbocycles. The number of aliphatic hydroxyl groups is 5. The summed E-state index contributed by atoms with van der Waals surface area (Å²) in [5, 5.41) is 50.5. The minimum Gasteiger partial charge on any atom is -0.472 e. The molecule has 0 aromatic heterocycles. The average Bonchev–Trinajstić information content (AvgIpc) is 3.56. The third-order valence-corrected chi connectivity index (χ3v) is 7.03. The van der Waals surface area contributed by atoms with Crippen molar-refractivity contribution in [1.82, 2.24) is 0 Å². The Kier molecular flexibility index (Phi) is 6.68. The van der Waals surface area contributed by atoms with Crippen molar-refractivity contribution < 1.29 is 54.0 Å². The van der Waals surface area contributed by atoms with E-state index in [-0.39, 0.29) is 6.61 Å². The second-order valence-electron chi connectivity index (χ2n) is 9.11. The number of rotatable bonds is 7. The molecule has 1 aromatic carbocycles. The van der Waals surface area contributed by atoms with Crippen molar-refractivity contribution in [3.8, 4) is 0 Å². The van der Waals surface area contributed by atoms with Gasteiger partial charge in [-0.05, 0) is 17.7 Å². The standard InChI is InChI=1S/C24H28O11/c25-10-14-18(28)19(29)20(30)23(33-14)34-22-16-13(8-9-31-22)17(27)21-24(16,35-21)11-32-15(26)7-6-12-4-2-1-3-5-12/h1-9,13-14,16-23,25,27-30H,10-11H2/b7-6+/t13-,14-,16-,17+,18-,19+,20-,21+,22-,23+,24-/m1/s1. The van der Waals surface area contributed by atoms with Crippen LogP contribution in [0.5, 0.6) is 0 Å². The number of ether oxygens (including phenoxy) is 5. The SMILES string of the molecule is O=C(/C=C/c1ccccc1)OC[C@]12O[C@H]1[C@@H](O)[C@@H]1C=CO[C@H](O[C@@H]3O[C@H](CO)[C@@H](O)[C@H](O)[C@H]3O)[C@@H]12. The number of epoxide rings is 1. The van der Waals surface area contributed by atoms with Crippen molar-refractivity contribution in [3.63, 3.8) is 0 Å². The molecule has 4 aliphatic rings. The summed E-state index contributed by atoms with van der Waals surface area (Å²) in [7, 11) is 0. The van der Waals surface area contributed by atoms with Crippen molar-refractivity contribution in [2.45, 2.75) is 54.8 Å². The first kappa shape index (κ1) is 24.3. The third kappa shape index (κ3) is 4.39. The molecule has 0 amide bonds. The molecule has 0 bridgehead atoms. The Morgan fingerprint density at radius 3 is 2.54 bits per heavy atom. The molecule has 11 nitrogen and oxygen atoms in total. The summed E-state index contributed by atoms with van der Waals surface area (Å²) in [6.45, 7) is -0.776. The molecule has 3 heterocycles. The van der Waals surface area contributed by atoms with Gasteiger partial charge in [0.2, 0.25) is 6.29 Å². The van der Waals surface area contributed by atoms with E-state index < -0.39 is 79.2 Å². The van der Waals surface area contributed by atoms with Gasteiger partial charge in [0.15, 0.2) is 6.29 Å². The van der Waals surface area contributed by atoms with E-state index in [0.29, 0.717) is 0 Å². The molecule has 3 fully saturated rings. The molecule has 1 aromatic rings. The molecule has 0 spiro atoms. The predicted molar refractivity (Wildman–Crippen MR) is 116 cm³/mol. The largest absolute Gasteiger partial charge is 0.472 e. The lowest BCUT2D eigenvalue weighted by Gasteiger charge is -2.43. The molecule has 5 N–H and O–H groups in total. The molecule has 2 saturated heterocycles. The van der Waals surface area contributed by atoms with Crippen molar-refractivity contribution in [3.05, 3.63) is 54.3 Å². The van der Waals surface area contributed by atoms with Gasteiger partial charge in [0.1, 0.15) is 42.7 Å². The van der Waals surface area contributed by atoms with E-state index in [9.17, 15) is 30.3 Å². The van der Waals surface area contributed by atoms with Gasteiger partial charge in [0.05, 0.1) is 24.9 Å². The maximum Gasteiger partial charge on any atom is 0.330 e. The van der Waals surface area contributed by atoms with E-state index in [4.69, 9.17) is 23.7 Å². The van der Waals surface area contributed by atoms with E-state index in [0.717, 1.165) is 5.56 Å². The summed E-state index contributed by atoms with van der Waals surface area (Å²) in [6.07, 6.45) is -4.06. The van der Waals surface area contributed by atoms with Crippen LogP contribution in [0.25, 0.3) is 6.08 Å². The number of esters is 1. The number of carbonyl (C=O) groups is 1. The van der Waals surface area contributed by atoms with Crippen molar-refractivity contribution in [2.75, 3.05) is 13.2 Å². The van der Waals surface area contributed by atoms with Crippen LogP contribution in [0.15, 0.2) is 48.7 Å². The lowest BCUT2D eigenvalue weighted by Crippen LogP contribution is -2.60. The third-order valence-electron chi connectivity index (χ3n) is 7.03. The van der Waals surface area contributed by atoms with Gasteiger partial charge in [-0.3, -0.25) is 0 Å². The number of hydrogen-bond acceptors (Lipinski definition) is 11. The highest BCUT2D eigenvalue weighted by Crippen LogP contribution is 2.60. The van der Waals surface area contributed by atoms with Crippen LogP contribution in [0.2, 0.25) is 0 Å². The second kappa shape index (κ2) is 9.60. The highest BCUT2D eigenvalue weighted by Gasteiger charge is 2.76. The highest BCUT2D eigenvalue weighted by atomic mass is 16.8. The Morgan fingerprint density at radius 1 is 1.03 bits per heavy atom. The Labute approximate surface area is 200 Å². The van der Waals surface area contributed by atoms with Crippen LogP contribution in [0.4, 0.5) is 0 Å². The Balaban J connectivity index is 1.28. The lowest BCUT2D eigenvalue weighted by molar-refractivity contribution is -0.344. The van der Waals surface area contributed by atoms with Gasteiger partial charge in [0, 0.05) is 12.0 Å². The van der Waals surface area contributed by atoms with E-state index in [1.54, 1.807) is 12.2 Å². The molecule has 11 heteroatoms. The van der Waals surface area contributed by atoms with Crippen LogP contribution in [-0.2, 0) is 28.5 Å². The Hall–Kier alpha value is -2.35. The minimum absolute atomic E-state index is 0.167. The van der Waals surface area contributed by atoms with Crippen LogP contribution >= 0.6 is 0 Å². The number of carbonyl (C=O) groups excluding carboxylic acids is 1. The van der Waals surface area contributed by atoms with Crippen LogP contribution in [0, 0.1) is 11.8 Å². The molecule has 0 unspecified atom stereocenters. The van der Waals surface area contributed by atoms with Gasteiger partial charge in [-0.2, -0.15) is 0 Å². The minimum atomic E-state index is -1.63. The smallest absolute Gasteiger partial charge is 0.330 e. The Bertz CT molecular complexity index is 965. The number of aliphatic hydroxyl groups excluding tert-OH is 5. The molecule has 3 aliphatic heterocycles. The zero-order valence-electron chi connectivity index (χ0n) is 18.6. The second-order valence-corrected chi connectivity index (χ2v) is 9.11. The first-order chi connectivity index (χ1) is 16.9. The first-order valence-electron chi connectivity index (χ1n) is 11.4. The van der Waals surface area contributed by atoms with Crippen molar-refractivity contribution in [2.24, 2.45) is 11.8 Å². The normalized spacial score (nSPS) is 43.9. The molecule has 5 rings (SSSR count). The number of hydrogen-bond donors (Lipinski definition) is 5. The van der Waals surface area contributed by atoms with Crippen LogP contribution < -0.4 is 0 Å². The van der Waals surface area contributed by atoms with Crippen molar-refractivity contribution in [1.29, 1.82) is 0 Å². The van der Waals surface area contributed by atoms with Crippen molar-refractivity contribution >= 4 is 12.0 Å². The molecular weight excluding hydrogens is 464 g/mol. The quantitative estimate of drug-likeness (QED) is 0.174. The molecule has 1 saturated carbocycles. The lowest BCUT2D eigenvalue weighted by atomic mass is 9.85. The average molecular weight is 492 g/mol. The van der Waals surface area contributed by atoms with E-state index in [2.05, 4.69) is 0 Å². The molecular formula is C24H28O11. The van der Waals surface area contributed by atoms with Gasteiger partial charge >= 0.3 is 5.97 Å². The van der Waals surface area contributed by atoms with Crippen LogP contribution in [0.1, 0.15) is 5.56 Å². The molecule has 11 atom stereocenters. The summed E-state index contributed by atoms with van der Waals surface area (Å²) < 4.78 is 28.1. The van der Waals surface area contributed by atoms with E-state index in [1.165, 1.54) is 12.3 Å². The van der Waals surface area contributed by atoms with Crippen LogP contribution in [0.3, 0.4) is 0 Å². The maximum atomic E-state index is 12.3. The summed E-state index contributed by atoms with van der Waals surface area (Å²) in [5.41, 5.74) is -0.248. The van der Waals surface area contributed by atoms with Gasteiger partial charge < -0.3 is 49.2 Å². The van der Waals surface area contributed by atoms with E-state index >= 15 is 0 Å². The summed E-state index contributed by atoms with van der Waals surface area (Å²) in [5.74, 6) is -1.67. The zero-order chi connectivity index (χ0) is 24.7.